The van der Waals surface area contributed by atoms with Crippen LogP contribution in [0.15, 0.2) is 29.1 Å². The molecule has 0 saturated carbocycles. The first-order valence-electron chi connectivity index (χ1n) is 7.41. The quantitative estimate of drug-likeness (QED) is 0.880. The Morgan fingerprint density at radius 3 is 2.70 bits per heavy atom. The standard InChI is InChI=1S/C16H23N3O/c1-4-10-17-12(3)15-18-14-9-7-6-8-13(14)16(20)19(15)11-5-2/h6-9,12,17H,4-5,10-11H2,1-3H3/t12-/m0/s1. The number of hydrogen-bond acceptors (Lipinski definition) is 3. The number of para-hydroxylation sites is 1. The van der Waals surface area contributed by atoms with Crippen LogP contribution in [0.25, 0.3) is 10.9 Å². The summed E-state index contributed by atoms with van der Waals surface area (Å²) in [5.41, 5.74) is 0.850. The Hall–Kier alpha value is -1.68. The van der Waals surface area contributed by atoms with Crippen molar-refractivity contribution in [3.63, 3.8) is 0 Å². The molecule has 0 aliphatic rings. The summed E-state index contributed by atoms with van der Waals surface area (Å²) in [6, 6.07) is 7.65. The lowest BCUT2D eigenvalue weighted by Gasteiger charge is -2.19. The summed E-state index contributed by atoms with van der Waals surface area (Å²) in [4.78, 5) is 17.3. The maximum Gasteiger partial charge on any atom is 0.261 e. The average Bonchev–Trinajstić information content (AvgIpc) is 2.47. The number of rotatable bonds is 6. The van der Waals surface area contributed by atoms with Crippen molar-refractivity contribution in [3.05, 3.63) is 40.4 Å². The Balaban J connectivity index is 2.56. The van der Waals surface area contributed by atoms with Crippen LogP contribution in [0.4, 0.5) is 0 Å². The smallest absolute Gasteiger partial charge is 0.261 e. The third-order valence-corrected chi connectivity index (χ3v) is 3.43. The lowest BCUT2D eigenvalue weighted by Crippen LogP contribution is -2.31. The Kier molecular flexibility index (Phi) is 4.90. The monoisotopic (exact) mass is 273 g/mol. The molecule has 0 amide bonds. The zero-order valence-electron chi connectivity index (χ0n) is 12.5. The van der Waals surface area contributed by atoms with E-state index in [1.165, 1.54) is 0 Å². The van der Waals surface area contributed by atoms with Gasteiger partial charge in [-0.1, -0.05) is 26.0 Å². The third-order valence-electron chi connectivity index (χ3n) is 3.43. The lowest BCUT2D eigenvalue weighted by molar-refractivity contribution is 0.494. The van der Waals surface area contributed by atoms with E-state index in [4.69, 9.17) is 4.98 Å². The molecule has 4 nitrogen and oxygen atoms in total. The van der Waals surface area contributed by atoms with E-state index in [9.17, 15) is 4.79 Å². The van der Waals surface area contributed by atoms with Gasteiger partial charge >= 0.3 is 0 Å². The summed E-state index contributed by atoms with van der Waals surface area (Å²) in [6.07, 6.45) is 1.99. The molecular weight excluding hydrogens is 250 g/mol. The minimum absolute atomic E-state index is 0.0672. The fourth-order valence-corrected chi connectivity index (χ4v) is 2.41. The van der Waals surface area contributed by atoms with Crippen LogP contribution < -0.4 is 10.9 Å². The number of nitrogens with one attached hydrogen (secondary N) is 1. The minimum atomic E-state index is 0.0672. The number of hydrogen-bond donors (Lipinski definition) is 1. The first kappa shape index (κ1) is 14.7. The first-order valence-corrected chi connectivity index (χ1v) is 7.41. The molecule has 1 atom stereocenters. The van der Waals surface area contributed by atoms with Crippen molar-refractivity contribution in [1.29, 1.82) is 0 Å². The second kappa shape index (κ2) is 6.66. The molecule has 0 unspecified atom stereocenters. The van der Waals surface area contributed by atoms with Gasteiger partial charge in [0, 0.05) is 6.54 Å². The van der Waals surface area contributed by atoms with Gasteiger partial charge in [-0.05, 0) is 38.4 Å². The van der Waals surface area contributed by atoms with Gasteiger partial charge in [-0.2, -0.15) is 0 Å². The van der Waals surface area contributed by atoms with Crippen molar-refractivity contribution in [1.82, 2.24) is 14.9 Å². The van der Waals surface area contributed by atoms with Gasteiger partial charge in [0.15, 0.2) is 0 Å². The van der Waals surface area contributed by atoms with Crippen LogP contribution in [0.3, 0.4) is 0 Å². The van der Waals surface area contributed by atoms with Crippen LogP contribution in [0.2, 0.25) is 0 Å². The van der Waals surface area contributed by atoms with Gasteiger partial charge in [0.2, 0.25) is 0 Å². The van der Waals surface area contributed by atoms with E-state index in [0.29, 0.717) is 11.9 Å². The van der Waals surface area contributed by atoms with Crippen molar-refractivity contribution in [2.45, 2.75) is 46.2 Å². The molecule has 0 spiro atoms. The molecule has 2 aromatic rings. The highest BCUT2D eigenvalue weighted by Crippen LogP contribution is 2.14. The Morgan fingerprint density at radius 2 is 2.00 bits per heavy atom. The normalized spacial score (nSPS) is 12.8. The van der Waals surface area contributed by atoms with E-state index in [2.05, 4.69) is 26.1 Å². The maximum absolute atomic E-state index is 12.6. The molecular formula is C16H23N3O. The SMILES string of the molecule is CCCN[C@@H](C)c1nc2ccccc2c(=O)n1CCC. The van der Waals surface area contributed by atoms with Crippen molar-refractivity contribution < 1.29 is 0 Å². The Morgan fingerprint density at radius 1 is 1.25 bits per heavy atom. The van der Waals surface area contributed by atoms with Crippen molar-refractivity contribution in [3.8, 4) is 0 Å². The summed E-state index contributed by atoms with van der Waals surface area (Å²) in [5.74, 6) is 0.837. The minimum Gasteiger partial charge on any atom is -0.308 e. The number of nitrogens with zero attached hydrogens (tertiary/aromatic N) is 2. The van der Waals surface area contributed by atoms with E-state index < -0.39 is 0 Å². The van der Waals surface area contributed by atoms with Crippen LogP contribution in [0, 0.1) is 0 Å². The zero-order valence-corrected chi connectivity index (χ0v) is 12.5. The molecule has 1 N–H and O–H groups in total. The highest BCUT2D eigenvalue weighted by molar-refractivity contribution is 5.77. The van der Waals surface area contributed by atoms with Gasteiger partial charge in [-0.15, -0.1) is 0 Å². The molecule has 20 heavy (non-hydrogen) atoms. The van der Waals surface area contributed by atoms with Crippen LogP contribution in [0.5, 0.6) is 0 Å². The summed E-state index contributed by atoms with van der Waals surface area (Å²) in [5, 5.41) is 4.12. The maximum atomic E-state index is 12.6. The van der Waals surface area contributed by atoms with Gasteiger partial charge in [-0.25, -0.2) is 4.98 Å². The zero-order chi connectivity index (χ0) is 14.5. The molecule has 0 aliphatic carbocycles. The molecule has 2 rings (SSSR count). The molecule has 0 bridgehead atoms. The molecule has 1 aromatic heterocycles. The topological polar surface area (TPSA) is 46.9 Å². The highest BCUT2D eigenvalue weighted by Gasteiger charge is 2.15. The Labute approximate surface area is 119 Å². The number of benzene rings is 1. The van der Waals surface area contributed by atoms with E-state index in [-0.39, 0.29) is 11.6 Å². The fraction of sp³-hybridized carbons (Fsp3) is 0.500. The van der Waals surface area contributed by atoms with Crippen molar-refractivity contribution in [2.24, 2.45) is 0 Å². The van der Waals surface area contributed by atoms with Gasteiger partial charge in [0.05, 0.1) is 16.9 Å². The lowest BCUT2D eigenvalue weighted by atomic mass is 10.2. The second-order valence-corrected chi connectivity index (χ2v) is 5.12. The van der Waals surface area contributed by atoms with Gasteiger partial charge in [0.1, 0.15) is 5.82 Å². The van der Waals surface area contributed by atoms with E-state index in [1.807, 2.05) is 28.8 Å². The Bertz CT molecular complexity index is 633. The van der Waals surface area contributed by atoms with Crippen LogP contribution in [-0.4, -0.2) is 16.1 Å². The highest BCUT2D eigenvalue weighted by atomic mass is 16.1. The molecule has 1 heterocycles. The molecule has 1 aromatic carbocycles. The van der Waals surface area contributed by atoms with E-state index in [0.717, 1.165) is 30.7 Å². The van der Waals surface area contributed by atoms with Gasteiger partial charge in [-0.3, -0.25) is 9.36 Å². The summed E-state index contributed by atoms with van der Waals surface area (Å²) < 4.78 is 1.82. The van der Waals surface area contributed by atoms with Crippen LogP contribution in [-0.2, 0) is 6.54 Å². The molecule has 0 aliphatic heterocycles. The number of fused-ring (bicyclic) bond motifs is 1. The van der Waals surface area contributed by atoms with Gasteiger partial charge < -0.3 is 5.32 Å². The molecule has 4 heteroatoms. The van der Waals surface area contributed by atoms with E-state index >= 15 is 0 Å². The van der Waals surface area contributed by atoms with Crippen molar-refractivity contribution in [2.75, 3.05) is 6.54 Å². The van der Waals surface area contributed by atoms with Crippen molar-refractivity contribution >= 4 is 10.9 Å². The predicted octanol–water partition coefficient (Wildman–Crippen LogP) is 2.87. The molecule has 108 valence electrons. The van der Waals surface area contributed by atoms with E-state index in [1.54, 1.807) is 0 Å². The summed E-state index contributed by atoms with van der Waals surface area (Å²) in [7, 11) is 0. The van der Waals surface area contributed by atoms with Crippen LogP contribution in [0.1, 0.15) is 45.5 Å². The fourth-order valence-electron chi connectivity index (χ4n) is 2.41. The summed E-state index contributed by atoms with van der Waals surface area (Å²) >= 11 is 0. The first-order chi connectivity index (χ1) is 9.69. The molecule has 0 radical (unpaired) electrons. The average molecular weight is 273 g/mol. The second-order valence-electron chi connectivity index (χ2n) is 5.12. The van der Waals surface area contributed by atoms with Gasteiger partial charge in [0.25, 0.3) is 5.56 Å². The largest absolute Gasteiger partial charge is 0.308 e. The molecule has 0 saturated heterocycles. The summed E-state index contributed by atoms with van der Waals surface area (Å²) in [6.45, 7) is 7.92. The van der Waals surface area contributed by atoms with Crippen LogP contribution >= 0.6 is 0 Å². The predicted molar refractivity (Wildman–Crippen MR) is 83.0 cm³/mol. The molecule has 0 fully saturated rings. The third kappa shape index (κ3) is 2.90. The number of aromatic nitrogens is 2.